The summed E-state index contributed by atoms with van der Waals surface area (Å²) in [5, 5.41) is 13.0. The molecule has 4 nitrogen and oxygen atoms in total. The molecule has 0 spiro atoms. The molecule has 7 heteroatoms. The molecule has 0 saturated heterocycles. The molecular formula is C16H16F2N2O2S. The first-order valence-electron chi connectivity index (χ1n) is 7.42. The van der Waals surface area contributed by atoms with Gasteiger partial charge in [-0.3, -0.25) is 4.79 Å². The second-order valence-electron chi connectivity index (χ2n) is 5.63. The Morgan fingerprint density at radius 3 is 2.87 bits per heavy atom. The molecule has 1 aromatic heterocycles. The third kappa shape index (κ3) is 3.56. The van der Waals surface area contributed by atoms with Gasteiger partial charge >= 0.3 is 0 Å². The van der Waals surface area contributed by atoms with Gasteiger partial charge in [0.1, 0.15) is 9.88 Å². The number of aliphatic hydroxyl groups is 1. The van der Waals surface area contributed by atoms with Crippen molar-refractivity contribution in [3.8, 4) is 10.6 Å². The average molecular weight is 338 g/mol. The van der Waals surface area contributed by atoms with E-state index in [1.165, 1.54) is 12.3 Å². The van der Waals surface area contributed by atoms with Crippen LogP contribution in [0.1, 0.15) is 28.9 Å². The highest BCUT2D eigenvalue weighted by atomic mass is 32.1. The third-order valence-corrected chi connectivity index (χ3v) is 5.08. The molecule has 2 unspecified atom stereocenters. The van der Waals surface area contributed by atoms with Crippen LogP contribution in [-0.4, -0.2) is 28.6 Å². The summed E-state index contributed by atoms with van der Waals surface area (Å²) in [7, 11) is 0. The number of aromatic nitrogens is 1. The molecule has 23 heavy (non-hydrogen) atoms. The molecule has 2 aromatic rings. The van der Waals surface area contributed by atoms with E-state index in [0.29, 0.717) is 22.0 Å². The molecular weight excluding hydrogens is 322 g/mol. The van der Waals surface area contributed by atoms with Gasteiger partial charge in [0.05, 0.1) is 12.3 Å². The van der Waals surface area contributed by atoms with Crippen molar-refractivity contribution in [1.29, 1.82) is 0 Å². The van der Waals surface area contributed by atoms with E-state index >= 15 is 0 Å². The molecule has 0 aliphatic heterocycles. The summed E-state index contributed by atoms with van der Waals surface area (Å²) in [5.74, 6) is -2.04. The predicted octanol–water partition coefficient (Wildman–Crippen LogP) is 2.98. The molecule has 0 radical (unpaired) electrons. The van der Waals surface area contributed by atoms with Crippen molar-refractivity contribution in [1.82, 2.24) is 10.3 Å². The number of hydrogen-bond donors (Lipinski definition) is 2. The number of benzene rings is 1. The van der Waals surface area contributed by atoms with Crippen LogP contribution in [0.4, 0.5) is 8.78 Å². The first-order valence-corrected chi connectivity index (χ1v) is 8.24. The highest BCUT2D eigenvalue weighted by Crippen LogP contribution is 2.27. The number of aliphatic hydroxyl groups excluding tert-OH is 1. The molecule has 1 fully saturated rings. The lowest BCUT2D eigenvalue weighted by Crippen LogP contribution is -2.32. The smallest absolute Gasteiger partial charge is 0.263 e. The van der Waals surface area contributed by atoms with Crippen LogP contribution in [-0.2, 0) is 0 Å². The Morgan fingerprint density at radius 2 is 2.17 bits per heavy atom. The summed E-state index contributed by atoms with van der Waals surface area (Å²) in [4.78, 5) is 16.6. The monoisotopic (exact) mass is 338 g/mol. The maximum Gasteiger partial charge on any atom is 0.263 e. The van der Waals surface area contributed by atoms with Crippen LogP contribution in [0.15, 0.2) is 24.4 Å². The first kappa shape index (κ1) is 16.0. The number of amides is 1. The van der Waals surface area contributed by atoms with E-state index in [-0.39, 0.29) is 17.9 Å². The summed E-state index contributed by atoms with van der Waals surface area (Å²) >= 11 is 1.12. The van der Waals surface area contributed by atoms with Gasteiger partial charge in [-0.1, -0.05) is 6.42 Å². The van der Waals surface area contributed by atoms with Crippen molar-refractivity contribution in [3.05, 3.63) is 40.9 Å². The predicted molar refractivity (Wildman–Crippen MR) is 83.1 cm³/mol. The van der Waals surface area contributed by atoms with E-state index in [9.17, 15) is 18.7 Å². The Bertz CT molecular complexity index is 720. The quantitative estimate of drug-likeness (QED) is 0.901. The van der Waals surface area contributed by atoms with Gasteiger partial charge in [-0.15, -0.1) is 11.3 Å². The van der Waals surface area contributed by atoms with Gasteiger partial charge in [0.25, 0.3) is 5.91 Å². The highest BCUT2D eigenvalue weighted by Gasteiger charge is 2.25. The molecule has 1 aliphatic rings. The molecule has 122 valence electrons. The molecule has 1 amide bonds. The molecule has 0 bridgehead atoms. The van der Waals surface area contributed by atoms with Crippen molar-refractivity contribution < 1.29 is 18.7 Å². The summed E-state index contributed by atoms with van der Waals surface area (Å²) in [6.45, 7) is 0.429. The molecule has 1 aromatic carbocycles. The second kappa shape index (κ2) is 6.72. The lowest BCUT2D eigenvalue weighted by molar-refractivity contribution is 0.0920. The number of carbonyl (C=O) groups excluding carboxylic acids is 1. The van der Waals surface area contributed by atoms with E-state index in [1.807, 2.05) is 0 Å². The maximum absolute atomic E-state index is 13.3. The van der Waals surface area contributed by atoms with Crippen LogP contribution >= 0.6 is 11.3 Å². The van der Waals surface area contributed by atoms with E-state index < -0.39 is 11.6 Å². The Hall–Kier alpha value is -1.86. The second-order valence-corrected chi connectivity index (χ2v) is 6.66. The fourth-order valence-corrected chi connectivity index (χ4v) is 3.54. The number of thiazole rings is 1. The van der Waals surface area contributed by atoms with Crippen molar-refractivity contribution in [2.24, 2.45) is 5.92 Å². The third-order valence-electron chi connectivity index (χ3n) is 4.04. The van der Waals surface area contributed by atoms with Crippen molar-refractivity contribution in [2.45, 2.75) is 25.4 Å². The number of halogens is 2. The zero-order chi connectivity index (χ0) is 16.4. The van der Waals surface area contributed by atoms with Crippen LogP contribution in [0.5, 0.6) is 0 Å². The summed E-state index contributed by atoms with van der Waals surface area (Å²) in [5.41, 5.74) is 0.430. The zero-order valence-electron chi connectivity index (χ0n) is 12.3. The largest absolute Gasteiger partial charge is 0.393 e. The van der Waals surface area contributed by atoms with Crippen molar-refractivity contribution in [2.75, 3.05) is 6.54 Å². The molecule has 1 saturated carbocycles. The Balaban J connectivity index is 1.66. The molecule has 1 heterocycles. The Kier molecular flexibility index (Phi) is 4.68. The van der Waals surface area contributed by atoms with Crippen LogP contribution < -0.4 is 5.32 Å². The van der Waals surface area contributed by atoms with Crippen LogP contribution in [0, 0.1) is 17.6 Å². The molecule has 2 atom stereocenters. The number of nitrogens with one attached hydrogen (secondary N) is 1. The lowest BCUT2D eigenvalue weighted by atomic mass is 10.1. The number of nitrogens with zero attached hydrogens (tertiary/aromatic N) is 1. The number of hydrogen-bond acceptors (Lipinski definition) is 4. The normalized spacial score (nSPS) is 20.7. The fraction of sp³-hybridized carbons (Fsp3) is 0.375. The molecule has 2 N–H and O–H groups in total. The van der Waals surface area contributed by atoms with Gasteiger partial charge in [0, 0.05) is 18.0 Å². The van der Waals surface area contributed by atoms with Crippen molar-refractivity contribution >= 4 is 17.2 Å². The minimum atomic E-state index is -0.945. The lowest BCUT2D eigenvalue weighted by Gasteiger charge is -2.14. The Labute approximate surface area is 136 Å². The van der Waals surface area contributed by atoms with Gasteiger partial charge in [0.2, 0.25) is 0 Å². The highest BCUT2D eigenvalue weighted by molar-refractivity contribution is 7.16. The average Bonchev–Trinajstić information content (AvgIpc) is 3.17. The van der Waals surface area contributed by atoms with Gasteiger partial charge < -0.3 is 10.4 Å². The topological polar surface area (TPSA) is 62.2 Å². The van der Waals surface area contributed by atoms with Crippen LogP contribution in [0.3, 0.4) is 0 Å². The van der Waals surface area contributed by atoms with Gasteiger partial charge in [-0.2, -0.15) is 0 Å². The minimum Gasteiger partial charge on any atom is -0.393 e. The van der Waals surface area contributed by atoms with Gasteiger partial charge in [-0.25, -0.2) is 13.8 Å². The first-order chi connectivity index (χ1) is 11.0. The number of carbonyl (C=O) groups is 1. The molecule has 3 rings (SSSR count). The SMILES string of the molecule is O=C(NCC1CCCC1O)c1cnc(-c2ccc(F)c(F)c2)s1. The number of rotatable bonds is 4. The van der Waals surface area contributed by atoms with Gasteiger partial charge in [0.15, 0.2) is 11.6 Å². The van der Waals surface area contributed by atoms with Crippen LogP contribution in [0.25, 0.3) is 10.6 Å². The van der Waals surface area contributed by atoms with E-state index in [2.05, 4.69) is 10.3 Å². The maximum atomic E-state index is 13.3. The summed E-state index contributed by atoms with van der Waals surface area (Å²) < 4.78 is 26.2. The minimum absolute atomic E-state index is 0.0949. The van der Waals surface area contributed by atoms with Crippen LogP contribution in [0.2, 0.25) is 0 Å². The Morgan fingerprint density at radius 1 is 1.35 bits per heavy atom. The molecule has 1 aliphatic carbocycles. The summed E-state index contributed by atoms with van der Waals surface area (Å²) in [6.07, 6.45) is 3.73. The van der Waals surface area contributed by atoms with E-state index in [4.69, 9.17) is 0 Å². The summed E-state index contributed by atoms with van der Waals surface area (Å²) in [6, 6.07) is 3.52. The van der Waals surface area contributed by atoms with Crippen molar-refractivity contribution in [3.63, 3.8) is 0 Å². The van der Waals surface area contributed by atoms with E-state index in [0.717, 1.165) is 42.7 Å². The fourth-order valence-electron chi connectivity index (χ4n) is 2.71. The zero-order valence-corrected chi connectivity index (χ0v) is 13.1. The standard InChI is InChI=1S/C16H16F2N2O2S/c17-11-5-4-9(6-12(11)18)16-20-8-14(23-16)15(22)19-7-10-2-1-3-13(10)21/h4-6,8,10,13,21H,1-3,7H2,(H,19,22). The van der Waals surface area contributed by atoms with Gasteiger partial charge in [-0.05, 0) is 31.0 Å². The van der Waals surface area contributed by atoms with E-state index in [1.54, 1.807) is 0 Å².